The summed E-state index contributed by atoms with van der Waals surface area (Å²) in [6.45, 7) is 1.66. The van der Waals surface area contributed by atoms with Gasteiger partial charge in [-0.1, -0.05) is 0 Å². The van der Waals surface area contributed by atoms with Crippen LogP contribution in [0.4, 0.5) is 5.95 Å². The summed E-state index contributed by atoms with van der Waals surface area (Å²) >= 11 is 0. The summed E-state index contributed by atoms with van der Waals surface area (Å²) in [4.78, 5) is 0. The van der Waals surface area contributed by atoms with E-state index >= 15 is 0 Å². The molecule has 1 aromatic heterocycles. The monoisotopic (exact) mass is 156 g/mol. The highest BCUT2D eigenvalue weighted by Crippen LogP contribution is 2.11. The standard InChI is InChI=1S/C6H12N4O/c1-4(11)5-8-9-6(7-2)10(5)3/h4,11H,1-3H3,(H,7,9)/t4-/m0/s1. The molecule has 0 saturated heterocycles. The van der Waals surface area contributed by atoms with Crippen LogP contribution in [0.25, 0.3) is 0 Å². The van der Waals surface area contributed by atoms with E-state index in [1.54, 1.807) is 25.6 Å². The van der Waals surface area contributed by atoms with Crippen LogP contribution in [-0.4, -0.2) is 26.9 Å². The molecule has 5 nitrogen and oxygen atoms in total. The molecule has 0 unspecified atom stereocenters. The summed E-state index contributed by atoms with van der Waals surface area (Å²) in [5.41, 5.74) is 0. The van der Waals surface area contributed by atoms with Crippen molar-refractivity contribution in [1.29, 1.82) is 0 Å². The zero-order valence-electron chi connectivity index (χ0n) is 6.87. The number of aliphatic hydroxyl groups is 1. The molecule has 0 aliphatic rings. The number of nitrogens with zero attached hydrogens (tertiary/aromatic N) is 3. The van der Waals surface area contributed by atoms with E-state index in [-0.39, 0.29) is 0 Å². The maximum atomic E-state index is 9.16. The summed E-state index contributed by atoms with van der Waals surface area (Å²) < 4.78 is 1.71. The van der Waals surface area contributed by atoms with Gasteiger partial charge in [0.15, 0.2) is 5.82 Å². The first kappa shape index (κ1) is 8.00. The van der Waals surface area contributed by atoms with Crippen LogP contribution in [0.2, 0.25) is 0 Å². The minimum absolute atomic E-state index is 0.564. The van der Waals surface area contributed by atoms with E-state index in [9.17, 15) is 0 Å². The van der Waals surface area contributed by atoms with E-state index in [2.05, 4.69) is 15.5 Å². The average molecular weight is 156 g/mol. The summed E-state index contributed by atoms with van der Waals surface area (Å²) in [7, 11) is 3.56. The molecule has 62 valence electrons. The van der Waals surface area contributed by atoms with Crippen molar-refractivity contribution in [3.05, 3.63) is 5.82 Å². The fraction of sp³-hybridized carbons (Fsp3) is 0.667. The molecule has 0 fully saturated rings. The number of anilines is 1. The van der Waals surface area contributed by atoms with Crippen LogP contribution in [0.15, 0.2) is 0 Å². The van der Waals surface area contributed by atoms with E-state index in [1.807, 2.05) is 0 Å². The van der Waals surface area contributed by atoms with Crippen molar-refractivity contribution in [3.63, 3.8) is 0 Å². The average Bonchev–Trinajstić information content (AvgIpc) is 2.30. The molecule has 0 bridgehead atoms. The van der Waals surface area contributed by atoms with E-state index in [0.717, 1.165) is 0 Å². The number of rotatable bonds is 2. The smallest absolute Gasteiger partial charge is 0.224 e. The van der Waals surface area contributed by atoms with Gasteiger partial charge in [0.25, 0.3) is 0 Å². The Kier molecular flexibility index (Phi) is 2.09. The highest BCUT2D eigenvalue weighted by Gasteiger charge is 2.10. The second-order valence-corrected chi connectivity index (χ2v) is 2.37. The zero-order valence-corrected chi connectivity index (χ0v) is 6.87. The largest absolute Gasteiger partial charge is 0.385 e. The molecule has 5 heteroatoms. The van der Waals surface area contributed by atoms with Gasteiger partial charge in [0.05, 0.1) is 0 Å². The topological polar surface area (TPSA) is 63.0 Å². The second-order valence-electron chi connectivity index (χ2n) is 2.37. The molecule has 1 atom stereocenters. The van der Waals surface area contributed by atoms with Crippen LogP contribution < -0.4 is 5.32 Å². The lowest BCUT2D eigenvalue weighted by Gasteiger charge is -2.03. The van der Waals surface area contributed by atoms with E-state index in [4.69, 9.17) is 5.11 Å². The molecular formula is C6H12N4O. The second kappa shape index (κ2) is 2.87. The molecule has 0 aliphatic carbocycles. The Labute approximate surface area is 65.1 Å². The van der Waals surface area contributed by atoms with Crippen molar-refractivity contribution in [1.82, 2.24) is 14.8 Å². The van der Waals surface area contributed by atoms with Crippen molar-refractivity contribution in [2.75, 3.05) is 12.4 Å². The quantitative estimate of drug-likeness (QED) is 0.628. The molecule has 1 heterocycles. The maximum absolute atomic E-state index is 9.16. The Morgan fingerprint density at radius 1 is 1.55 bits per heavy atom. The predicted octanol–water partition coefficient (Wildman–Crippen LogP) is -0.0899. The van der Waals surface area contributed by atoms with Crippen LogP contribution in [0.1, 0.15) is 18.9 Å². The number of hydrogen-bond donors (Lipinski definition) is 2. The lowest BCUT2D eigenvalue weighted by Crippen LogP contribution is -2.04. The van der Waals surface area contributed by atoms with Crippen LogP contribution >= 0.6 is 0 Å². The highest BCUT2D eigenvalue weighted by atomic mass is 16.3. The minimum Gasteiger partial charge on any atom is -0.385 e. The van der Waals surface area contributed by atoms with Gasteiger partial charge in [-0.15, -0.1) is 10.2 Å². The van der Waals surface area contributed by atoms with Gasteiger partial charge in [-0.05, 0) is 6.92 Å². The first-order valence-corrected chi connectivity index (χ1v) is 3.42. The van der Waals surface area contributed by atoms with Crippen LogP contribution in [0, 0.1) is 0 Å². The van der Waals surface area contributed by atoms with E-state index in [1.165, 1.54) is 0 Å². The number of nitrogens with one attached hydrogen (secondary N) is 1. The van der Waals surface area contributed by atoms with Crippen molar-refractivity contribution >= 4 is 5.95 Å². The Bertz CT molecular complexity index is 243. The SMILES string of the molecule is CNc1nnc([C@H](C)O)n1C. The molecule has 0 amide bonds. The molecule has 11 heavy (non-hydrogen) atoms. The van der Waals surface area contributed by atoms with Gasteiger partial charge in [0, 0.05) is 14.1 Å². The van der Waals surface area contributed by atoms with Crippen LogP contribution in [0.5, 0.6) is 0 Å². The maximum Gasteiger partial charge on any atom is 0.224 e. The lowest BCUT2D eigenvalue weighted by molar-refractivity contribution is 0.185. The fourth-order valence-electron chi connectivity index (χ4n) is 0.923. The number of aliphatic hydroxyl groups excluding tert-OH is 1. The molecule has 1 aromatic rings. The molecule has 0 saturated carbocycles. The molecule has 0 aliphatic heterocycles. The summed E-state index contributed by atoms with van der Waals surface area (Å²) in [5, 5.41) is 19.6. The van der Waals surface area contributed by atoms with Gasteiger partial charge in [-0.3, -0.25) is 4.57 Å². The highest BCUT2D eigenvalue weighted by molar-refractivity contribution is 5.24. The molecule has 1 rings (SSSR count). The van der Waals surface area contributed by atoms with Gasteiger partial charge in [0.2, 0.25) is 5.95 Å². The summed E-state index contributed by atoms with van der Waals surface area (Å²) in [6.07, 6.45) is -0.574. The Morgan fingerprint density at radius 3 is 2.45 bits per heavy atom. The lowest BCUT2D eigenvalue weighted by atomic mass is 10.4. The van der Waals surface area contributed by atoms with Crippen molar-refractivity contribution in [3.8, 4) is 0 Å². The minimum atomic E-state index is -0.574. The zero-order chi connectivity index (χ0) is 8.43. The third kappa shape index (κ3) is 1.32. The van der Waals surface area contributed by atoms with Gasteiger partial charge in [-0.2, -0.15) is 0 Å². The summed E-state index contributed by atoms with van der Waals surface area (Å²) in [6, 6.07) is 0. The van der Waals surface area contributed by atoms with Crippen LogP contribution in [-0.2, 0) is 7.05 Å². The first-order chi connectivity index (χ1) is 5.16. The third-order valence-electron chi connectivity index (χ3n) is 1.51. The molecule has 2 N–H and O–H groups in total. The Hall–Kier alpha value is -1.10. The normalized spacial score (nSPS) is 13.1. The number of hydrogen-bond acceptors (Lipinski definition) is 4. The number of aromatic nitrogens is 3. The molecular weight excluding hydrogens is 144 g/mol. The third-order valence-corrected chi connectivity index (χ3v) is 1.51. The van der Waals surface area contributed by atoms with E-state index < -0.39 is 6.10 Å². The molecule has 0 spiro atoms. The van der Waals surface area contributed by atoms with Crippen molar-refractivity contribution in [2.24, 2.45) is 7.05 Å². The Balaban J connectivity index is 3.00. The summed E-state index contributed by atoms with van der Waals surface area (Å²) in [5.74, 6) is 1.22. The first-order valence-electron chi connectivity index (χ1n) is 3.42. The van der Waals surface area contributed by atoms with Gasteiger partial charge in [0.1, 0.15) is 6.10 Å². The van der Waals surface area contributed by atoms with Crippen molar-refractivity contribution in [2.45, 2.75) is 13.0 Å². The van der Waals surface area contributed by atoms with Gasteiger partial charge < -0.3 is 10.4 Å². The molecule has 0 aromatic carbocycles. The van der Waals surface area contributed by atoms with Crippen LogP contribution in [0.3, 0.4) is 0 Å². The van der Waals surface area contributed by atoms with E-state index in [0.29, 0.717) is 11.8 Å². The fourth-order valence-corrected chi connectivity index (χ4v) is 0.923. The predicted molar refractivity (Wildman–Crippen MR) is 41.2 cm³/mol. The van der Waals surface area contributed by atoms with Gasteiger partial charge in [-0.25, -0.2) is 0 Å². The van der Waals surface area contributed by atoms with Crippen molar-refractivity contribution < 1.29 is 5.11 Å². The Morgan fingerprint density at radius 2 is 2.18 bits per heavy atom. The molecule has 0 radical (unpaired) electrons. The van der Waals surface area contributed by atoms with Gasteiger partial charge >= 0.3 is 0 Å².